The molecule has 1 spiro atoms. The van der Waals surface area contributed by atoms with E-state index in [1.807, 2.05) is 31.2 Å². The van der Waals surface area contributed by atoms with Crippen LogP contribution in [0.3, 0.4) is 0 Å². The van der Waals surface area contributed by atoms with E-state index in [1.54, 1.807) is 4.90 Å². The second-order valence-corrected chi connectivity index (χ2v) is 7.86. The first-order valence-electron chi connectivity index (χ1n) is 10.2. The number of imide groups is 1. The van der Waals surface area contributed by atoms with Crippen molar-refractivity contribution >= 4 is 17.8 Å². The SMILES string of the molecule is CCOc1ccc(C2CCCN2C(=O)CN2C(=O)NC3(CCCC3)C2=O)cc1. The van der Waals surface area contributed by atoms with Gasteiger partial charge in [-0.05, 0) is 50.3 Å². The van der Waals surface area contributed by atoms with Gasteiger partial charge < -0.3 is 15.0 Å². The van der Waals surface area contributed by atoms with Gasteiger partial charge in [-0.15, -0.1) is 0 Å². The summed E-state index contributed by atoms with van der Waals surface area (Å²) in [4.78, 5) is 41.0. The number of likely N-dealkylation sites (tertiary alicyclic amines) is 1. The van der Waals surface area contributed by atoms with Crippen molar-refractivity contribution in [1.29, 1.82) is 0 Å². The Morgan fingerprint density at radius 1 is 1.18 bits per heavy atom. The molecule has 0 bridgehead atoms. The molecule has 0 radical (unpaired) electrons. The molecule has 7 nitrogen and oxygen atoms in total. The number of carbonyl (C=O) groups excluding carboxylic acids is 3. The fourth-order valence-electron chi connectivity index (χ4n) is 4.73. The van der Waals surface area contributed by atoms with Crippen LogP contribution < -0.4 is 10.1 Å². The molecule has 1 unspecified atom stereocenters. The molecule has 3 aliphatic rings. The van der Waals surface area contributed by atoms with Gasteiger partial charge in [0.05, 0.1) is 12.6 Å². The lowest BCUT2D eigenvalue weighted by Gasteiger charge is -2.27. The van der Waals surface area contributed by atoms with Crippen molar-refractivity contribution in [3.63, 3.8) is 0 Å². The Kier molecular flexibility index (Phi) is 5.00. The van der Waals surface area contributed by atoms with Crippen LogP contribution in [0.1, 0.15) is 57.1 Å². The summed E-state index contributed by atoms with van der Waals surface area (Å²) < 4.78 is 5.49. The van der Waals surface area contributed by atoms with Crippen LogP contribution in [0.2, 0.25) is 0 Å². The summed E-state index contributed by atoms with van der Waals surface area (Å²) in [5.74, 6) is 0.401. The zero-order chi connectivity index (χ0) is 19.7. The molecule has 1 atom stereocenters. The van der Waals surface area contributed by atoms with Crippen molar-refractivity contribution in [2.45, 2.75) is 57.0 Å². The molecule has 7 heteroatoms. The number of nitrogens with one attached hydrogen (secondary N) is 1. The highest BCUT2D eigenvalue weighted by Crippen LogP contribution is 2.36. The van der Waals surface area contributed by atoms with Crippen LogP contribution in [0.15, 0.2) is 24.3 Å². The predicted molar refractivity (Wildman–Crippen MR) is 103 cm³/mol. The number of hydrogen-bond acceptors (Lipinski definition) is 4. The summed E-state index contributed by atoms with van der Waals surface area (Å²) in [5, 5.41) is 2.84. The number of ether oxygens (including phenoxy) is 1. The summed E-state index contributed by atoms with van der Waals surface area (Å²) in [7, 11) is 0. The molecule has 1 aromatic carbocycles. The Balaban J connectivity index is 1.45. The summed E-state index contributed by atoms with van der Waals surface area (Å²) >= 11 is 0. The van der Waals surface area contributed by atoms with E-state index in [9.17, 15) is 14.4 Å². The van der Waals surface area contributed by atoms with Gasteiger partial charge in [0.15, 0.2) is 0 Å². The monoisotopic (exact) mass is 385 g/mol. The van der Waals surface area contributed by atoms with E-state index < -0.39 is 11.6 Å². The maximum atomic E-state index is 13.0. The van der Waals surface area contributed by atoms with Crippen LogP contribution in [-0.4, -0.2) is 52.9 Å². The van der Waals surface area contributed by atoms with E-state index >= 15 is 0 Å². The van der Waals surface area contributed by atoms with Gasteiger partial charge in [-0.25, -0.2) is 4.79 Å². The molecule has 1 N–H and O–H groups in total. The zero-order valence-corrected chi connectivity index (χ0v) is 16.3. The third-order valence-electron chi connectivity index (χ3n) is 6.15. The third kappa shape index (κ3) is 3.23. The summed E-state index contributed by atoms with van der Waals surface area (Å²) in [6.07, 6.45) is 4.98. The number of benzene rings is 1. The van der Waals surface area contributed by atoms with Gasteiger partial charge >= 0.3 is 6.03 Å². The maximum absolute atomic E-state index is 13.0. The van der Waals surface area contributed by atoms with Crippen LogP contribution >= 0.6 is 0 Å². The Bertz CT molecular complexity index is 770. The highest BCUT2D eigenvalue weighted by Gasteiger charge is 2.53. The quantitative estimate of drug-likeness (QED) is 0.791. The normalized spacial score (nSPS) is 23.5. The van der Waals surface area contributed by atoms with Crippen LogP contribution in [0.25, 0.3) is 0 Å². The summed E-state index contributed by atoms with van der Waals surface area (Å²) in [6, 6.07) is 7.36. The first kappa shape index (κ1) is 18.8. The summed E-state index contributed by atoms with van der Waals surface area (Å²) in [5.41, 5.74) is 0.287. The van der Waals surface area contributed by atoms with E-state index in [2.05, 4.69) is 5.32 Å². The Morgan fingerprint density at radius 3 is 2.57 bits per heavy atom. The minimum Gasteiger partial charge on any atom is -0.494 e. The van der Waals surface area contributed by atoms with Crippen LogP contribution in [0.5, 0.6) is 5.75 Å². The van der Waals surface area contributed by atoms with Crippen molar-refractivity contribution in [3.05, 3.63) is 29.8 Å². The molecular weight excluding hydrogens is 358 g/mol. The fraction of sp³-hybridized carbons (Fsp3) is 0.571. The molecule has 1 saturated carbocycles. The zero-order valence-electron chi connectivity index (χ0n) is 16.3. The molecule has 0 aromatic heterocycles. The van der Waals surface area contributed by atoms with Gasteiger partial charge in [0, 0.05) is 6.54 Å². The van der Waals surface area contributed by atoms with E-state index in [0.29, 0.717) is 26.0 Å². The molecule has 1 aromatic rings. The highest BCUT2D eigenvalue weighted by atomic mass is 16.5. The lowest BCUT2D eigenvalue weighted by molar-refractivity contribution is -0.139. The van der Waals surface area contributed by atoms with Crippen LogP contribution in [-0.2, 0) is 9.59 Å². The number of urea groups is 1. The molecule has 2 saturated heterocycles. The fourth-order valence-corrected chi connectivity index (χ4v) is 4.73. The molecule has 28 heavy (non-hydrogen) atoms. The minimum absolute atomic E-state index is 0.0237. The van der Waals surface area contributed by atoms with Crippen molar-refractivity contribution in [3.8, 4) is 5.75 Å². The Labute approximate surface area is 165 Å². The molecule has 150 valence electrons. The predicted octanol–water partition coefficient (Wildman–Crippen LogP) is 2.61. The highest BCUT2D eigenvalue weighted by molar-refractivity contribution is 6.09. The average Bonchev–Trinajstić information content (AvgIpc) is 3.40. The standard InChI is InChI=1S/C21H27N3O4/c1-2-28-16-9-7-15(8-10-16)17-6-5-13-23(17)18(25)14-24-19(26)21(22-20(24)27)11-3-4-12-21/h7-10,17H,2-6,11-14H2,1H3,(H,22,27). The number of amides is 4. The molecular formula is C21H27N3O4. The first-order valence-corrected chi connectivity index (χ1v) is 10.2. The lowest BCUT2D eigenvalue weighted by atomic mass is 9.98. The molecule has 4 amide bonds. The maximum Gasteiger partial charge on any atom is 0.325 e. The Morgan fingerprint density at radius 2 is 1.89 bits per heavy atom. The minimum atomic E-state index is -0.767. The van der Waals surface area contributed by atoms with E-state index in [4.69, 9.17) is 4.74 Å². The molecule has 4 rings (SSSR count). The molecule has 2 aliphatic heterocycles. The van der Waals surface area contributed by atoms with Crippen molar-refractivity contribution in [2.24, 2.45) is 0 Å². The first-order chi connectivity index (χ1) is 13.5. The van der Waals surface area contributed by atoms with E-state index in [1.165, 1.54) is 0 Å². The average molecular weight is 385 g/mol. The van der Waals surface area contributed by atoms with Gasteiger partial charge in [-0.2, -0.15) is 0 Å². The van der Waals surface area contributed by atoms with Crippen LogP contribution in [0.4, 0.5) is 4.79 Å². The smallest absolute Gasteiger partial charge is 0.325 e. The topological polar surface area (TPSA) is 79.0 Å². The number of rotatable bonds is 5. The van der Waals surface area contributed by atoms with Gasteiger partial charge in [-0.3, -0.25) is 14.5 Å². The van der Waals surface area contributed by atoms with Crippen LogP contribution in [0, 0.1) is 0 Å². The van der Waals surface area contributed by atoms with Gasteiger partial charge in [0.25, 0.3) is 5.91 Å². The van der Waals surface area contributed by atoms with Crippen molar-refractivity contribution in [1.82, 2.24) is 15.1 Å². The number of carbonyl (C=O) groups is 3. The van der Waals surface area contributed by atoms with Crippen molar-refractivity contribution in [2.75, 3.05) is 19.7 Å². The largest absolute Gasteiger partial charge is 0.494 e. The molecule has 1 aliphatic carbocycles. The van der Waals surface area contributed by atoms with E-state index in [0.717, 1.165) is 41.9 Å². The van der Waals surface area contributed by atoms with Gasteiger partial charge in [-0.1, -0.05) is 25.0 Å². The van der Waals surface area contributed by atoms with Gasteiger partial charge in [0.2, 0.25) is 5.91 Å². The second kappa shape index (κ2) is 7.45. The summed E-state index contributed by atoms with van der Waals surface area (Å²) in [6.45, 7) is 3.02. The second-order valence-electron chi connectivity index (χ2n) is 7.86. The molecule has 2 heterocycles. The van der Waals surface area contributed by atoms with Gasteiger partial charge in [0.1, 0.15) is 17.8 Å². The number of hydrogen-bond donors (Lipinski definition) is 1. The van der Waals surface area contributed by atoms with Crippen molar-refractivity contribution < 1.29 is 19.1 Å². The lowest BCUT2D eigenvalue weighted by Crippen LogP contribution is -2.46. The Hall–Kier alpha value is -2.57. The molecule has 3 fully saturated rings. The van der Waals surface area contributed by atoms with E-state index in [-0.39, 0.29) is 24.4 Å². The third-order valence-corrected chi connectivity index (χ3v) is 6.15. The number of nitrogens with zero attached hydrogens (tertiary/aromatic N) is 2.